The van der Waals surface area contributed by atoms with Crippen LogP contribution in [0.3, 0.4) is 0 Å². The first kappa shape index (κ1) is 14.1. The highest BCUT2D eigenvalue weighted by molar-refractivity contribution is 6.22. The van der Waals surface area contributed by atoms with E-state index in [0.29, 0.717) is 17.8 Å². The van der Waals surface area contributed by atoms with Gasteiger partial charge in [-0.05, 0) is 31.2 Å². The van der Waals surface area contributed by atoms with Crippen molar-refractivity contribution in [3.05, 3.63) is 42.5 Å². The Morgan fingerprint density at radius 3 is 2.60 bits per heavy atom. The lowest BCUT2D eigenvalue weighted by Crippen LogP contribution is -2.38. The monoisotopic (exact) mass is 272 g/mol. The largest absolute Gasteiger partial charge is 0.302 e. The van der Waals surface area contributed by atoms with Gasteiger partial charge in [-0.3, -0.25) is 14.4 Å². The molecule has 0 spiro atoms. The lowest BCUT2D eigenvalue weighted by atomic mass is 10.1. The van der Waals surface area contributed by atoms with Gasteiger partial charge in [0.15, 0.2) is 5.78 Å². The van der Waals surface area contributed by atoms with Crippen molar-refractivity contribution >= 4 is 23.3 Å². The molecule has 5 heteroatoms. The molecule has 1 aromatic carbocycles. The third-order valence-corrected chi connectivity index (χ3v) is 3.19. The molecule has 1 atom stereocenters. The second-order valence-electron chi connectivity index (χ2n) is 4.62. The number of nitrogens with zero attached hydrogens (tertiary/aromatic N) is 1. The predicted molar refractivity (Wildman–Crippen MR) is 75.5 cm³/mol. The van der Waals surface area contributed by atoms with Gasteiger partial charge in [0.1, 0.15) is 0 Å². The molecule has 5 nitrogen and oxygen atoms in total. The highest BCUT2D eigenvalue weighted by atomic mass is 16.2. The summed E-state index contributed by atoms with van der Waals surface area (Å²) in [5.41, 5.74) is 1.04. The number of hydrogen-bond donors (Lipinski definition) is 1. The summed E-state index contributed by atoms with van der Waals surface area (Å²) >= 11 is 0. The third kappa shape index (κ3) is 2.67. The number of benzene rings is 1. The van der Waals surface area contributed by atoms with Crippen LogP contribution in [-0.2, 0) is 9.59 Å². The molecule has 0 radical (unpaired) electrons. The summed E-state index contributed by atoms with van der Waals surface area (Å²) < 4.78 is 0. The number of carbonyl (C=O) groups is 3. The first-order valence-corrected chi connectivity index (χ1v) is 6.36. The second kappa shape index (κ2) is 5.79. The minimum atomic E-state index is -0.506. The second-order valence-corrected chi connectivity index (χ2v) is 4.62. The molecule has 1 heterocycles. The number of imide groups is 1. The standard InChI is InChI=1S/C15H16N2O3/c1-3-8-16-13-9-14(19)17(15(13)20)12-6-4-11(5-7-12)10(2)18/h3-7,13,16H,1,8-9H2,2H3. The molecule has 1 aromatic rings. The number of ketones is 1. The number of nitrogens with one attached hydrogen (secondary N) is 1. The van der Waals surface area contributed by atoms with Crippen LogP contribution < -0.4 is 10.2 Å². The van der Waals surface area contributed by atoms with Gasteiger partial charge in [-0.15, -0.1) is 6.58 Å². The number of carbonyl (C=O) groups excluding carboxylic acids is 3. The maximum atomic E-state index is 12.2. The summed E-state index contributed by atoms with van der Waals surface area (Å²) in [5, 5.41) is 2.96. The first-order chi connectivity index (χ1) is 9.54. The molecule has 1 fully saturated rings. The summed E-state index contributed by atoms with van der Waals surface area (Å²) in [4.78, 5) is 36.5. The quantitative estimate of drug-likeness (QED) is 0.498. The van der Waals surface area contributed by atoms with E-state index in [4.69, 9.17) is 0 Å². The molecule has 2 amide bonds. The number of hydrogen-bond acceptors (Lipinski definition) is 4. The molecule has 1 N–H and O–H groups in total. The van der Waals surface area contributed by atoms with E-state index in [-0.39, 0.29) is 24.0 Å². The van der Waals surface area contributed by atoms with Gasteiger partial charge in [0.2, 0.25) is 5.91 Å². The van der Waals surface area contributed by atoms with Crippen LogP contribution >= 0.6 is 0 Å². The Kier molecular flexibility index (Phi) is 4.10. The van der Waals surface area contributed by atoms with Crippen molar-refractivity contribution in [1.82, 2.24) is 5.32 Å². The van der Waals surface area contributed by atoms with Crippen LogP contribution in [0.15, 0.2) is 36.9 Å². The van der Waals surface area contributed by atoms with Crippen molar-refractivity contribution in [2.45, 2.75) is 19.4 Å². The molecule has 1 saturated heterocycles. The van der Waals surface area contributed by atoms with Crippen molar-refractivity contribution in [2.75, 3.05) is 11.4 Å². The Morgan fingerprint density at radius 2 is 2.05 bits per heavy atom. The van der Waals surface area contributed by atoms with E-state index in [9.17, 15) is 14.4 Å². The predicted octanol–water partition coefficient (Wildman–Crippen LogP) is 1.30. The highest BCUT2D eigenvalue weighted by Crippen LogP contribution is 2.23. The fourth-order valence-corrected chi connectivity index (χ4v) is 2.13. The molecule has 0 aliphatic carbocycles. The van der Waals surface area contributed by atoms with E-state index >= 15 is 0 Å². The number of rotatable bonds is 5. The zero-order valence-electron chi connectivity index (χ0n) is 11.3. The van der Waals surface area contributed by atoms with Crippen molar-refractivity contribution in [3.63, 3.8) is 0 Å². The fourth-order valence-electron chi connectivity index (χ4n) is 2.13. The van der Waals surface area contributed by atoms with Crippen LogP contribution in [-0.4, -0.2) is 30.2 Å². The van der Waals surface area contributed by atoms with Crippen LogP contribution in [0.4, 0.5) is 5.69 Å². The molecule has 104 valence electrons. The van der Waals surface area contributed by atoms with E-state index in [1.807, 2.05) is 0 Å². The van der Waals surface area contributed by atoms with E-state index in [1.54, 1.807) is 30.3 Å². The molecule has 0 saturated carbocycles. The van der Waals surface area contributed by atoms with Crippen LogP contribution in [0.5, 0.6) is 0 Å². The normalized spacial score (nSPS) is 18.4. The van der Waals surface area contributed by atoms with E-state index < -0.39 is 6.04 Å². The topological polar surface area (TPSA) is 66.5 Å². The molecular formula is C15H16N2O3. The van der Waals surface area contributed by atoms with Gasteiger partial charge >= 0.3 is 0 Å². The molecule has 1 aliphatic rings. The van der Waals surface area contributed by atoms with Crippen LogP contribution in [0, 0.1) is 0 Å². The summed E-state index contributed by atoms with van der Waals surface area (Å²) in [6.45, 7) is 5.51. The Bertz CT molecular complexity index is 563. The fraction of sp³-hybridized carbons (Fsp3) is 0.267. The van der Waals surface area contributed by atoms with E-state index in [0.717, 1.165) is 4.90 Å². The number of Topliss-reactive ketones (excluding diaryl/α,β-unsaturated/α-hetero) is 1. The van der Waals surface area contributed by atoms with Crippen LogP contribution in [0.1, 0.15) is 23.7 Å². The minimum Gasteiger partial charge on any atom is -0.302 e. The van der Waals surface area contributed by atoms with Gasteiger partial charge in [0.25, 0.3) is 5.91 Å². The molecular weight excluding hydrogens is 256 g/mol. The van der Waals surface area contributed by atoms with Gasteiger partial charge in [-0.25, -0.2) is 4.90 Å². The van der Waals surface area contributed by atoms with Crippen LogP contribution in [0.2, 0.25) is 0 Å². The third-order valence-electron chi connectivity index (χ3n) is 3.19. The SMILES string of the molecule is C=CCNC1CC(=O)N(c2ccc(C(C)=O)cc2)C1=O. The Labute approximate surface area is 117 Å². The van der Waals surface area contributed by atoms with Gasteiger partial charge in [-0.2, -0.15) is 0 Å². The highest BCUT2D eigenvalue weighted by Gasteiger charge is 2.38. The average Bonchev–Trinajstić information content (AvgIpc) is 2.71. The summed E-state index contributed by atoms with van der Waals surface area (Å²) in [6, 6.07) is 5.95. The Morgan fingerprint density at radius 1 is 1.40 bits per heavy atom. The van der Waals surface area contributed by atoms with Crippen molar-refractivity contribution in [1.29, 1.82) is 0 Å². The minimum absolute atomic E-state index is 0.0545. The summed E-state index contributed by atoms with van der Waals surface area (Å²) in [5.74, 6) is -0.569. The maximum absolute atomic E-state index is 12.2. The first-order valence-electron chi connectivity index (χ1n) is 6.36. The smallest absolute Gasteiger partial charge is 0.251 e. The summed E-state index contributed by atoms with van der Waals surface area (Å²) in [7, 11) is 0. The van der Waals surface area contributed by atoms with Gasteiger partial charge < -0.3 is 5.32 Å². The van der Waals surface area contributed by atoms with E-state index in [1.165, 1.54) is 6.92 Å². The van der Waals surface area contributed by atoms with E-state index in [2.05, 4.69) is 11.9 Å². The van der Waals surface area contributed by atoms with Crippen LogP contribution in [0.25, 0.3) is 0 Å². The Balaban J connectivity index is 2.19. The molecule has 0 bridgehead atoms. The molecule has 1 aliphatic heterocycles. The van der Waals surface area contributed by atoms with Gasteiger partial charge in [-0.1, -0.05) is 6.08 Å². The van der Waals surface area contributed by atoms with Gasteiger partial charge in [0, 0.05) is 12.1 Å². The molecule has 1 unspecified atom stereocenters. The molecule has 2 rings (SSSR count). The zero-order chi connectivity index (χ0) is 14.7. The van der Waals surface area contributed by atoms with Crippen molar-refractivity contribution < 1.29 is 14.4 Å². The van der Waals surface area contributed by atoms with Gasteiger partial charge in [0.05, 0.1) is 18.2 Å². The zero-order valence-corrected chi connectivity index (χ0v) is 11.3. The molecule has 20 heavy (non-hydrogen) atoms. The summed E-state index contributed by atoms with van der Waals surface area (Å²) in [6.07, 6.45) is 1.78. The Hall–Kier alpha value is -2.27. The van der Waals surface area contributed by atoms with Crippen molar-refractivity contribution in [3.8, 4) is 0 Å². The lowest BCUT2D eigenvalue weighted by molar-refractivity contribution is -0.121. The molecule has 0 aromatic heterocycles. The van der Waals surface area contributed by atoms with Crippen molar-refractivity contribution in [2.24, 2.45) is 0 Å². The number of amides is 2. The lowest BCUT2D eigenvalue weighted by Gasteiger charge is -2.15. The maximum Gasteiger partial charge on any atom is 0.251 e. The number of anilines is 1. The average molecular weight is 272 g/mol.